The fourth-order valence-electron chi connectivity index (χ4n) is 2.18. The van der Waals surface area contributed by atoms with Crippen LogP contribution in [-0.4, -0.2) is 32.5 Å². The molecule has 0 amide bonds. The summed E-state index contributed by atoms with van der Waals surface area (Å²) in [4.78, 5) is 23.6. The van der Waals surface area contributed by atoms with Gasteiger partial charge in [-0.3, -0.25) is 9.59 Å². The molecule has 0 fully saturated rings. The number of hydrogen-bond donors (Lipinski definition) is 0. The standard InChI is InChI=1S/C18H22O6S/c1-4-18(2,3)17(20)23-10-7-11-25(21,22)24-16-12-15(19)13-8-5-6-9-14(13)16/h5-6,8-9,12H,4,7,10-11H2,1-3H3. The van der Waals surface area contributed by atoms with Gasteiger partial charge < -0.3 is 8.92 Å². The molecule has 0 atom stereocenters. The average molecular weight is 366 g/mol. The number of esters is 1. The smallest absolute Gasteiger partial charge is 0.311 e. The Labute approximate surface area is 147 Å². The van der Waals surface area contributed by atoms with Crippen molar-refractivity contribution in [3.63, 3.8) is 0 Å². The van der Waals surface area contributed by atoms with E-state index in [4.69, 9.17) is 8.92 Å². The number of carbonyl (C=O) groups excluding carboxylic acids is 2. The molecule has 0 N–H and O–H groups in total. The molecule has 0 saturated carbocycles. The Hall–Kier alpha value is -2.15. The SMILES string of the molecule is CCC(C)(C)C(=O)OCCCS(=O)(=O)OC1=CC(=O)c2ccccc21. The lowest BCUT2D eigenvalue weighted by molar-refractivity contribution is -0.154. The van der Waals surface area contributed by atoms with Crippen LogP contribution in [0.15, 0.2) is 30.3 Å². The van der Waals surface area contributed by atoms with Crippen LogP contribution in [0.5, 0.6) is 0 Å². The summed E-state index contributed by atoms with van der Waals surface area (Å²) in [5.41, 5.74) is 0.296. The van der Waals surface area contributed by atoms with E-state index in [1.165, 1.54) is 6.08 Å². The average Bonchev–Trinajstić information content (AvgIpc) is 2.87. The van der Waals surface area contributed by atoms with Gasteiger partial charge in [-0.25, -0.2) is 0 Å². The molecule has 1 aliphatic rings. The zero-order chi connectivity index (χ0) is 18.7. The number of fused-ring (bicyclic) bond motifs is 1. The van der Waals surface area contributed by atoms with E-state index in [0.29, 0.717) is 17.5 Å². The molecule has 1 aromatic rings. The lowest BCUT2D eigenvalue weighted by atomic mass is 9.91. The normalized spacial score (nSPS) is 14.0. The molecule has 1 aromatic carbocycles. The molecule has 0 heterocycles. The van der Waals surface area contributed by atoms with E-state index in [0.717, 1.165) is 0 Å². The summed E-state index contributed by atoms with van der Waals surface area (Å²) in [6, 6.07) is 6.66. The monoisotopic (exact) mass is 366 g/mol. The first kappa shape index (κ1) is 19.2. The van der Waals surface area contributed by atoms with E-state index < -0.39 is 15.5 Å². The van der Waals surface area contributed by atoms with E-state index in [1.807, 2.05) is 6.92 Å². The van der Waals surface area contributed by atoms with Crippen molar-refractivity contribution in [3.05, 3.63) is 41.5 Å². The van der Waals surface area contributed by atoms with Crippen LogP contribution in [0.4, 0.5) is 0 Å². The molecule has 1 aliphatic carbocycles. The van der Waals surface area contributed by atoms with Gasteiger partial charge in [0, 0.05) is 17.2 Å². The van der Waals surface area contributed by atoms with Gasteiger partial charge in [-0.2, -0.15) is 8.42 Å². The summed E-state index contributed by atoms with van der Waals surface area (Å²) < 4.78 is 34.3. The molecule has 0 unspecified atom stereocenters. The molecule has 7 heteroatoms. The molecule has 2 rings (SSSR count). The molecule has 0 aliphatic heterocycles. The second kappa shape index (κ2) is 7.39. The molecule has 0 spiro atoms. The highest BCUT2D eigenvalue weighted by atomic mass is 32.2. The second-order valence-corrected chi connectivity index (χ2v) is 8.18. The highest BCUT2D eigenvalue weighted by molar-refractivity contribution is 7.86. The quantitative estimate of drug-likeness (QED) is 0.399. The third-order valence-electron chi connectivity index (χ3n) is 4.15. The van der Waals surface area contributed by atoms with E-state index >= 15 is 0 Å². The van der Waals surface area contributed by atoms with Crippen LogP contribution < -0.4 is 0 Å². The summed E-state index contributed by atoms with van der Waals surface area (Å²) in [6.45, 7) is 5.43. The van der Waals surface area contributed by atoms with Crippen LogP contribution in [0.2, 0.25) is 0 Å². The molecule has 136 valence electrons. The fraction of sp³-hybridized carbons (Fsp3) is 0.444. The van der Waals surface area contributed by atoms with Crippen LogP contribution >= 0.6 is 0 Å². The zero-order valence-corrected chi connectivity index (χ0v) is 15.4. The summed E-state index contributed by atoms with van der Waals surface area (Å²) in [5.74, 6) is -0.909. The third kappa shape index (κ3) is 4.69. The Morgan fingerprint density at radius 3 is 2.44 bits per heavy atom. The second-order valence-electron chi connectivity index (χ2n) is 6.49. The predicted molar refractivity (Wildman–Crippen MR) is 93.3 cm³/mol. The van der Waals surface area contributed by atoms with Crippen LogP contribution in [0.25, 0.3) is 5.76 Å². The predicted octanol–water partition coefficient (Wildman–Crippen LogP) is 2.94. The Balaban J connectivity index is 1.89. The first-order valence-electron chi connectivity index (χ1n) is 8.11. The Morgan fingerprint density at radius 2 is 1.80 bits per heavy atom. The van der Waals surface area contributed by atoms with Gasteiger partial charge in [0.1, 0.15) is 0 Å². The number of ether oxygens (including phenoxy) is 1. The van der Waals surface area contributed by atoms with Crippen molar-refractivity contribution in [1.82, 2.24) is 0 Å². The molecule has 0 bridgehead atoms. The van der Waals surface area contributed by atoms with E-state index in [-0.39, 0.29) is 36.3 Å². The largest absolute Gasteiger partial charge is 0.465 e. The number of rotatable bonds is 8. The van der Waals surface area contributed by atoms with E-state index in [9.17, 15) is 18.0 Å². The van der Waals surface area contributed by atoms with Gasteiger partial charge in [0.25, 0.3) is 0 Å². The lowest BCUT2D eigenvalue weighted by Gasteiger charge is -2.20. The topological polar surface area (TPSA) is 86.7 Å². The summed E-state index contributed by atoms with van der Waals surface area (Å²) in [6.07, 6.45) is 1.93. The van der Waals surface area contributed by atoms with E-state index in [1.54, 1.807) is 38.1 Å². The van der Waals surface area contributed by atoms with Gasteiger partial charge in [0.15, 0.2) is 11.5 Å². The Kier molecular flexibility index (Phi) is 5.67. The highest BCUT2D eigenvalue weighted by Crippen LogP contribution is 2.29. The first-order valence-corrected chi connectivity index (χ1v) is 9.69. The molecule has 0 aromatic heterocycles. The maximum atomic E-state index is 12.1. The van der Waals surface area contributed by atoms with Crippen molar-refractivity contribution in [1.29, 1.82) is 0 Å². The maximum Gasteiger partial charge on any atom is 0.311 e. The highest BCUT2D eigenvalue weighted by Gasteiger charge is 2.28. The van der Waals surface area contributed by atoms with Crippen molar-refractivity contribution >= 4 is 27.6 Å². The number of ketones is 1. The summed E-state index contributed by atoms with van der Waals surface area (Å²) >= 11 is 0. The summed E-state index contributed by atoms with van der Waals surface area (Å²) in [5, 5.41) is 0. The zero-order valence-electron chi connectivity index (χ0n) is 14.6. The minimum atomic E-state index is -3.88. The van der Waals surface area contributed by atoms with Crippen molar-refractivity contribution in [2.75, 3.05) is 12.4 Å². The maximum absolute atomic E-state index is 12.1. The lowest BCUT2D eigenvalue weighted by Crippen LogP contribution is -2.26. The molecule has 0 radical (unpaired) electrons. The van der Waals surface area contributed by atoms with Gasteiger partial charge in [0.05, 0.1) is 17.8 Å². The molecule has 6 nitrogen and oxygen atoms in total. The molecule has 0 saturated heterocycles. The van der Waals surface area contributed by atoms with Crippen molar-refractivity contribution in [2.45, 2.75) is 33.6 Å². The van der Waals surface area contributed by atoms with Crippen molar-refractivity contribution < 1.29 is 26.9 Å². The number of allylic oxidation sites excluding steroid dienone is 1. The van der Waals surface area contributed by atoms with E-state index in [2.05, 4.69) is 0 Å². The summed E-state index contributed by atoms with van der Waals surface area (Å²) in [7, 11) is -3.88. The number of benzene rings is 1. The Bertz CT molecular complexity index is 805. The molecule has 25 heavy (non-hydrogen) atoms. The Morgan fingerprint density at radius 1 is 1.16 bits per heavy atom. The van der Waals surface area contributed by atoms with Crippen molar-refractivity contribution in [3.8, 4) is 0 Å². The van der Waals surface area contributed by atoms with Gasteiger partial charge >= 0.3 is 16.1 Å². The molecular formula is C18H22O6S. The van der Waals surface area contributed by atoms with Crippen LogP contribution in [0.3, 0.4) is 0 Å². The van der Waals surface area contributed by atoms with Crippen LogP contribution in [0, 0.1) is 5.41 Å². The molecular weight excluding hydrogens is 344 g/mol. The van der Waals surface area contributed by atoms with Gasteiger partial charge in [0.2, 0.25) is 0 Å². The van der Waals surface area contributed by atoms with Crippen LogP contribution in [0.1, 0.15) is 49.5 Å². The van der Waals surface area contributed by atoms with Crippen LogP contribution in [-0.2, 0) is 23.8 Å². The first-order chi connectivity index (χ1) is 11.7. The van der Waals surface area contributed by atoms with Gasteiger partial charge in [-0.1, -0.05) is 31.2 Å². The number of carbonyl (C=O) groups is 2. The third-order valence-corrected chi connectivity index (χ3v) is 5.37. The van der Waals surface area contributed by atoms with Gasteiger partial charge in [-0.15, -0.1) is 0 Å². The van der Waals surface area contributed by atoms with Gasteiger partial charge in [-0.05, 0) is 26.7 Å². The minimum absolute atomic E-state index is 0.000577. The minimum Gasteiger partial charge on any atom is -0.465 e. The fourth-order valence-corrected chi connectivity index (χ4v) is 3.14. The number of hydrogen-bond acceptors (Lipinski definition) is 6. The van der Waals surface area contributed by atoms with Crippen molar-refractivity contribution in [2.24, 2.45) is 5.41 Å².